The van der Waals surface area contributed by atoms with E-state index in [1.807, 2.05) is 0 Å². The lowest BCUT2D eigenvalue weighted by molar-refractivity contribution is -0.136. The number of aliphatic carboxylic acids is 1. The van der Waals surface area contributed by atoms with E-state index in [0.29, 0.717) is 6.54 Å². The van der Waals surface area contributed by atoms with Gasteiger partial charge in [-0.05, 0) is 13.0 Å². The second kappa shape index (κ2) is 8.49. The number of hydrogen-bond donors (Lipinski definition) is 3. The summed E-state index contributed by atoms with van der Waals surface area (Å²) in [4.78, 5) is 10.1. The van der Waals surface area contributed by atoms with Crippen molar-refractivity contribution in [1.82, 2.24) is 10.6 Å². The van der Waals surface area contributed by atoms with Crippen LogP contribution in [-0.4, -0.2) is 37.3 Å². The van der Waals surface area contributed by atoms with Crippen molar-refractivity contribution in [3.63, 3.8) is 0 Å². The summed E-state index contributed by atoms with van der Waals surface area (Å²) in [7, 11) is 0. The topological polar surface area (TPSA) is 61.4 Å². The predicted octanol–water partition coefficient (Wildman–Crippen LogP) is 0.0503. The first-order valence-corrected chi connectivity index (χ1v) is 4.40. The third-order valence-electron chi connectivity index (χ3n) is 1.42. The van der Waals surface area contributed by atoms with Crippen LogP contribution in [0.5, 0.6) is 0 Å². The van der Waals surface area contributed by atoms with E-state index in [1.165, 1.54) is 0 Å². The Morgan fingerprint density at radius 2 is 1.75 bits per heavy atom. The first kappa shape index (κ1) is 11.4. The van der Waals surface area contributed by atoms with Crippen molar-refractivity contribution >= 4 is 5.97 Å². The molecule has 0 bridgehead atoms. The molecule has 0 radical (unpaired) electrons. The zero-order chi connectivity index (χ0) is 9.23. The van der Waals surface area contributed by atoms with E-state index in [-0.39, 0.29) is 6.42 Å². The molecule has 0 fully saturated rings. The Morgan fingerprint density at radius 1 is 1.17 bits per heavy atom. The Morgan fingerprint density at radius 3 is 2.25 bits per heavy atom. The van der Waals surface area contributed by atoms with Crippen LogP contribution in [0.25, 0.3) is 0 Å². The lowest BCUT2D eigenvalue weighted by Gasteiger charge is -2.03. The molecule has 3 N–H and O–H groups in total. The number of carbonyl (C=O) groups is 1. The lowest BCUT2D eigenvalue weighted by Crippen LogP contribution is -2.29. The molecule has 0 aromatic heterocycles. The van der Waals surface area contributed by atoms with Gasteiger partial charge in [0, 0.05) is 19.6 Å². The molecule has 4 heteroatoms. The lowest BCUT2D eigenvalue weighted by atomic mass is 10.4. The van der Waals surface area contributed by atoms with Gasteiger partial charge >= 0.3 is 5.97 Å². The molecule has 0 aliphatic carbocycles. The summed E-state index contributed by atoms with van der Waals surface area (Å²) < 4.78 is 0. The van der Waals surface area contributed by atoms with E-state index in [9.17, 15) is 4.79 Å². The molecule has 12 heavy (non-hydrogen) atoms. The van der Waals surface area contributed by atoms with Gasteiger partial charge in [-0.25, -0.2) is 0 Å². The molecule has 0 rings (SSSR count). The van der Waals surface area contributed by atoms with Gasteiger partial charge in [0.15, 0.2) is 0 Å². The van der Waals surface area contributed by atoms with Crippen LogP contribution in [0.1, 0.15) is 19.8 Å². The molecule has 72 valence electrons. The fourth-order valence-electron chi connectivity index (χ4n) is 0.799. The van der Waals surface area contributed by atoms with Gasteiger partial charge < -0.3 is 15.7 Å². The molecule has 0 spiro atoms. The Hall–Kier alpha value is -0.610. The fraction of sp³-hybridized carbons (Fsp3) is 0.875. The molecule has 0 aromatic carbocycles. The smallest absolute Gasteiger partial charge is 0.304 e. The van der Waals surface area contributed by atoms with Crippen LogP contribution in [0.15, 0.2) is 0 Å². The molecule has 0 saturated carbocycles. The highest BCUT2D eigenvalue weighted by atomic mass is 16.4. The molecule has 0 unspecified atom stereocenters. The maximum absolute atomic E-state index is 10.1. The second-order valence-electron chi connectivity index (χ2n) is 2.64. The zero-order valence-electron chi connectivity index (χ0n) is 7.60. The van der Waals surface area contributed by atoms with E-state index in [2.05, 4.69) is 17.6 Å². The maximum Gasteiger partial charge on any atom is 0.304 e. The molecule has 0 atom stereocenters. The molecule has 0 aromatic rings. The van der Waals surface area contributed by atoms with E-state index in [0.717, 1.165) is 26.1 Å². The van der Waals surface area contributed by atoms with Crippen LogP contribution in [0.3, 0.4) is 0 Å². The molecular formula is C8H18N2O2. The highest BCUT2D eigenvalue weighted by Gasteiger charge is 1.93. The summed E-state index contributed by atoms with van der Waals surface area (Å²) in [6, 6.07) is 0. The minimum Gasteiger partial charge on any atom is -0.481 e. The predicted molar refractivity (Wildman–Crippen MR) is 48.3 cm³/mol. The van der Waals surface area contributed by atoms with E-state index < -0.39 is 5.97 Å². The molecule has 4 nitrogen and oxygen atoms in total. The van der Waals surface area contributed by atoms with E-state index in [1.54, 1.807) is 0 Å². The molecule has 0 heterocycles. The summed E-state index contributed by atoms with van der Waals surface area (Å²) in [5, 5.41) is 14.5. The van der Waals surface area contributed by atoms with E-state index in [4.69, 9.17) is 5.11 Å². The van der Waals surface area contributed by atoms with Crippen LogP contribution < -0.4 is 10.6 Å². The van der Waals surface area contributed by atoms with Crippen LogP contribution in [-0.2, 0) is 4.79 Å². The molecular weight excluding hydrogens is 156 g/mol. The first-order valence-electron chi connectivity index (χ1n) is 4.40. The van der Waals surface area contributed by atoms with Crippen molar-refractivity contribution in [3.8, 4) is 0 Å². The van der Waals surface area contributed by atoms with Crippen molar-refractivity contribution in [2.24, 2.45) is 0 Å². The number of carboxylic acids is 1. The summed E-state index contributed by atoms with van der Waals surface area (Å²) in [5.41, 5.74) is 0. The standard InChI is InChI=1S/C8H18N2O2/c1-2-4-9-6-7-10-5-3-8(11)12/h9-10H,2-7H2,1H3,(H,11,12). The van der Waals surface area contributed by atoms with Crippen LogP contribution in [0.4, 0.5) is 0 Å². The van der Waals surface area contributed by atoms with Crippen molar-refractivity contribution < 1.29 is 9.90 Å². The Labute approximate surface area is 73.3 Å². The molecule has 0 aliphatic rings. The third kappa shape index (κ3) is 9.39. The van der Waals surface area contributed by atoms with Gasteiger partial charge in [0.25, 0.3) is 0 Å². The number of hydrogen-bond acceptors (Lipinski definition) is 3. The average Bonchev–Trinajstić information content (AvgIpc) is 2.02. The van der Waals surface area contributed by atoms with Crippen LogP contribution in [0.2, 0.25) is 0 Å². The van der Waals surface area contributed by atoms with Gasteiger partial charge in [-0.15, -0.1) is 0 Å². The van der Waals surface area contributed by atoms with Gasteiger partial charge in [0.05, 0.1) is 6.42 Å². The van der Waals surface area contributed by atoms with Crippen molar-refractivity contribution in [2.45, 2.75) is 19.8 Å². The normalized spacial score (nSPS) is 10.1. The van der Waals surface area contributed by atoms with Gasteiger partial charge in [0.1, 0.15) is 0 Å². The van der Waals surface area contributed by atoms with Crippen molar-refractivity contribution in [1.29, 1.82) is 0 Å². The highest BCUT2D eigenvalue weighted by molar-refractivity contribution is 5.66. The van der Waals surface area contributed by atoms with Gasteiger partial charge in [0.2, 0.25) is 0 Å². The molecule has 0 saturated heterocycles. The number of rotatable bonds is 8. The van der Waals surface area contributed by atoms with Crippen molar-refractivity contribution in [3.05, 3.63) is 0 Å². The second-order valence-corrected chi connectivity index (χ2v) is 2.64. The Balaban J connectivity index is 2.86. The summed E-state index contributed by atoms with van der Waals surface area (Å²) in [6.45, 7) is 5.45. The number of nitrogens with one attached hydrogen (secondary N) is 2. The highest BCUT2D eigenvalue weighted by Crippen LogP contribution is 1.74. The summed E-state index contributed by atoms with van der Waals surface area (Å²) >= 11 is 0. The summed E-state index contributed by atoms with van der Waals surface area (Å²) in [6.07, 6.45) is 1.34. The van der Waals surface area contributed by atoms with Crippen molar-refractivity contribution in [2.75, 3.05) is 26.2 Å². The zero-order valence-corrected chi connectivity index (χ0v) is 7.60. The minimum atomic E-state index is -0.746. The Kier molecular flexibility index (Phi) is 8.05. The maximum atomic E-state index is 10.1. The van der Waals surface area contributed by atoms with Crippen LogP contribution in [0, 0.1) is 0 Å². The average molecular weight is 174 g/mol. The quantitative estimate of drug-likeness (QED) is 0.455. The largest absolute Gasteiger partial charge is 0.481 e. The van der Waals surface area contributed by atoms with Crippen LogP contribution >= 0.6 is 0 Å². The van der Waals surface area contributed by atoms with Gasteiger partial charge in [-0.2, -0.15) is 0 Å². The summed E-state index contributed by atoms with van der Waals surface area (Å²) in [5.74, 6) is -0.746. The minimum absolute atomic E-state index is 0.202. The third-order valence-corrected chi connectivity index (χ3v) is 1.42. The van der Waals surface area contributed by atoms with Gasteiger partial charge in [-0.3, -0.25) is 4.79 Å². The fourth-order valence-corrected chi connectivity index (χ4v) is 0.799. The molecule has 0 amide bonds. The van der Waals surface area contributed by atoms with E-state index >= 15 is 0 Å². The first-order chi connectivity index (χ1) is 5.77. The SMILES string of the molecule is CCCNCCNCCC(=O)O. The molecule has 0 aliphatic heterocycles. The Bertz CT molecular complexity index is 118. The monoisotopic (exact) mass is 174 g/mol. The van der Waals surface area contributed by atoms with Gasteiger partial charge in [-0.1, -0.05) is 6.92 Å². The number of carboxylic acid groups (broad SMARTS) is 1.